The maximum absolute atomic E-state index is 11.5. The summed E-state index contributed by atoms with van der Waals surface area (Å²) in [6, 6.07) is 0. The Kier molecular flexibility index (Phi) is 17.9. The van der Waals surface area contributed by atoms with Gasteiger partial charge < -0.3 is 4.74 Å². The molecular formula is C22H42O2. The molecule has 0 unspecified atom stereocenters. The Morgan fingerprint density at radius 1 is 0.667 bits per heavy atom. The van der Waals surface area contributed by atoms with E-state index in [4.69, 9.17) is 4.74 Å². The van der Waals surface area contributed by atoms with E-state index in [0.29, 0.717) is 12.2 Å². The van der Waals surface area contributed by atoms with E-state index in [1.54, 1.807) is 0 Å². The van der Waals surface area contributed by atoms with E-state index in [-0.39, 0.29) is 5.97 Å². The van der Waals surface area contributed by atoms with Gasteiger partial charge in [0.15, 0.2) is 0 Å². The van der Waals surface area contributed by atoms with Crippen LogP contribution in [-0.4, -0.2) is 12.6 Å². The van der Waals surface area contributed by atoms with Gasteiger partial charge in [-0.25, -0.2) is 4.79 Å². The number of carbonyl (C=O) groups excluding carboxylic acids is 1. The highest BCUT2D eigenvalue weighted by atomic mass is 16.5. The van der Waals surface area contributed by atoms with Crippen LogP contribution >= 0.6 is 0 Å². The van der Waals surface area contributed by atoms with Crippen LogP contribution in [-0.2, 0) is 9.53 Å². The molecule has 0 heterocycles. The summed E-state index contributed by atoms with van der Waals surface area (Å²) in [7, 11) is 0. The minimum atomic E-state index is -0.202. The van der Waals surface area contributed by atoms with Crippen LogP contribution in [0, 0.1) is 0 Å². The van der Waals surface area contributed by atoms with Crippen LogP contribution in [0.4, 0.5) is 0 Å². The van der Waals surface area contributed by atoms with Gasteiger partial charge >= 0.3 is 5.97 Å². The van der Waals surface area contributed by atoms with E-state index < -0.39 is 0 Å². The SMILES string of the molecule is C=C(CCC)C(=O)OCCCCCCCCCCCCCCCC. The van der Waals surface area contributed by atoms with Crippen LogP contribution in [0.15, 0.2) is 12.2 Å². The summed E-state index contributed by atoms with van der Waals surface area (Å²) < 4.78 is 5.22. The Hall–Kier alpha value is -0.790. The summed E-state index contributed by atoms with van der Waals surface area (Å²) >= 11 is 0. The number of hydrogen-bond donors (Lipinski definition) is 0. The van der Waals surface area contributed by atoms with Crippen LogP contribution < -0.4 is 0 Å². The first kappa shape index (κ1) is 23.2. The molecule has 0 bridgehead atoms. The molecule has 0 rings (SSSR count). The van der Waals surface area contributed by atoms with Crippen molar-refractivity contribution in [1.82, 2.24) is 0 Å². The van der Waals surface area contributed by atoms with E-state index in [2.05, 4.69) is 13.5 Å². The highest BCUT2D eigenvalue weighted by Crippen LogP contribution is 2.13. The van der Waals surface area contributed by atoms with Crippen molar-refractivity contribution in [1.29, 1.82) is 0 Å². The molecule has 0 aliphatic rings. The topological polar surface area (TPSA) is 26.3 Å². The first-order valence-electron chi connectivity index (χ1n) is 10.6. The van der Waals surface area contributed by atoms with Gasteiger partial charge in [0.2, 0.25) is 0 Å². The third kappa shape index (κ3) is 16.1. The van der Waals surface area contributed by atoms with Crippen molar-refractivity contribution in [2.24, 2.45) is 0 Å². The second-order valence-electron chi connectivity index (χ2n) is 7.09. The van der Waals surface area contributed by atoms with Crippen molar-refractivity contribution in [3.8, 4) is 0 Å². The van der Waals surface area contributed by atoms with Crippen molar-refractivity contribution in [3.63, 3.8) is 0 Å². The lowest BCUT2D eigenvalue weighted by Gasteiger charge is -2.06. The van der Waals surface area contributed by atoms with E-state index in [0.717, 1.165) is 19.3 Å². The maximum Gasteiger partial charge on any atom is 0.333 e. The van der Waals surface area contributed by atoms with Gasteiger partial charge in [0, 0.05) is 5.57 Å². The number of esters is 1. The number of rotatable bonds is 18. The predicted molar refractivity (Wildman–Crippen MR) is 105 cm³/mol. The van der Waals surface area contributed by atoms with Gasteiger partial charge in [0.25, 0.3) is 0 Å². The second kappa shape index (κ2) is 18.5. The molecule has 0 atom stereocenters. The summed E-state index contributed by atoms with van der Waals surface area (Å²) in [5.74, 6) is -0.202. The summed E-state index contributed by atoms with van der Waals surface area (Å²) in [6.45, 7) is 8.64. The van der Waals surface area contributed by atoms with Crippen LogP contribution in [0.5, 0.6) is 0 Å². The molecule has 0 aliphatic heterocycles. The van der Waals surface area contributed by atoms with Gasteiger partial charge in [-0.2, -0.15) is 0 Å². The van der Waals surface area contributed by atoms with Gasteiger partial charge in [-0.1, -0.05) is 110 Å². The average molecular weight is 339 g/mol. The number of hydrogen-bond acceptors (Lipinski definition) is 2. The summed E-state index contributed by atoms with van der Waals surface area (Å²) in [5, 5.41) is 0. The van der Waals surface area contributed by atoms with Gasteiger partial charge in [0.05, 0.1) is 6.61 Å². The Balaban J connectivity index is 3.15. The smallest absolute Gasteiger partial charge is 0.333 e. The number of unbranched alkanes of at least 4 members (excludes halogenated alkanes) is 13. The molecule has 0 spiro atoms. The minimum absolute atomic E-state index is 0.202. The van der Waals surface area contributed by atoms with E-state index in [1.807, 2.05) is 6.92 Å². The molecule has 0 aromatic rings. The van der Waals surface area contributed by atoms with Gasteiger partial charge in [0.1, 0.15) is 0 Å². The lowest BCUT2D eigenvalue weighted by molar-refractivity contribution is -0.139. The lowest BCUT2D eigenvalue weighted by atomic mass is 10.0. The lowest BCUT2D eigenvalue weighted by Crippen LogP contribution is -2.08. The standard InChI is InChI=1S/C22H42O2/c1-4-6-7-8-9-10-11-12-13-14-15-16-17-18-20-24-22(23)21(3)19-5-2/h3-20H2,1-2H3. The monoisotopic (exact) mass is 338 g/mol. The fourth-order valence-electron chi connectivity index (χ4n) is 2.97. The summed E-state index contributed by atoms with van der Waals surface area (Å²) in [5.41, 5.74) is 0.614. The molecule has 0 N–H and O–H groups in total. The Morgan fingerprint density at radius 3 is 1.50 bits per heavy atom. The fourth-order valence-corrected chi connectivity index (χ4v) is 2.97. The predicted octanol–water partition coefficient (Wildman–Crippen LogP) is 7.37. The van der Waals surface area contributed by atoms with E-state index in [1.165, 1.54) is 83.5 Å². The maximum atomic E-state index is 11.5. The molecule has 0 saturated heterocycles. The van der Waals surface area contributed by atoms with Gasteiger partial charge in [-0.15, -0.1) is 0 Å². The molecule has 0 fully saturated rings. The molecule has 2 nitrogen and oxygen atoms in total. The molecule has 0 aliphatic carbocycles. The van der Waals surface area contributed by atoms with Crippen molar-refractivity contribution in [2.75, 3.05) is 6.61 Å². The molecule has 0 radical (unpaired) electrons. The van der Waals surface area contributed by atoms with Gasteiger partial charge in [-0.3, -0.25) is 0 Å². The first-order chi connectivity index (χ1) is 11.7. The van der Waals surface area contributed by atoms with E-state index >= 15 is 0 Å². The fraction of sp³-hybridized carbons (Fsp3) is 0.864. The summed E-state index contributed by atoms with van der Waals surface area (Å²) in [6.07, 6.45) is 20.5. The Bertz CT molecular complexity index is 296. The van der Waals surface area contributed by atoms with Crippen molar-refractivity contribution in [2.45, 2.75) is 117 Å². The van der Waals surface area contributed by atoms with Gasteiger partial charge in [-0.05, 0) is 12.8 Å². The molecule has 0 amide bonds. The second-order valence-corrected chi connectivity index (χ2v) is 7.09. The molecule has 24 heavy (non-hydrogen) atoms. The number of carbonyl (C=O) groups is 1. The molecule has 0 aromatic carbocycles. The van der Waals surface area contributed by atoms with Crippen molar-refractivity contribution >= 4 is 5.97 Å². The van der Waals surface area contributed by atoms with Crippen molar-refractivity contribution < 1.29 is 9.53 Å². The van der Waals surface area contributed by atoms with Crippen LogP contribution in [0.1, 0.15) is 117 Å². The number of ether oxygens (including phenoxy) is 1. The van der Waals surface area contributed by atoms with E-state index in [9.17, 15) is 4.79 Å². The molecule has 142 valence electrons. The third-order valence-electron chi connectivity index (χ3n) is 4.57. The van der Waals surface area contributed by atoms with Crippen molar-refractivity contribution in [3.05, 3.63) is 12.2 Å². The minimum Gasteiger partial charge on any atom is -0.462 e. The zero-order valence-electron chi connectivity index (χ0n) is 16.5. The zero-order valence-corrected chi connectivity index (χ0v) is 16.5. The highest BCUT2D eigenvalue weighted by Gasteiger charge is 2.06. The third-order valence-corrected chi connectivity index (χ3v) is 4.57. The highest BCUT2D eigenvalue weighted by molar-refractivity contribution is 5.87. The molecule has 0 saturated carbocycles. The van der Waals surface area contributed by atoms with Crippen LogP contribution in [0.2, 0.25) is 0 Å². The average Bonchev–Trinajstić information content (AvgIpc) is 2.58. The van der Waals surface area contributed by atoms with Crippen LogP contribution in [0.3, 0.4) is 0 Å². The summed E-state index contributed by atoms with van der Waals surface area (Å²) in [4.78, 5) is 11.5. The first-order valence-corrected chi connectivity index (χ1v) is 10.6. The Morgan fingerprint density at radius 2 is 1.08 bits per heavy atom. The molecule has 0 aromatic heterocycles. The van der Waals surface area contributed by atoms with Crippen LogP contribution in [0.25, 0.3) is 0 Å². The Labute approximate surface area is 151 Å². The normalized spacial score (nSPS) is 10.8. The molecule has 2 heteroatoms. The quantitative estimate of drug-likeness (QED) is 0.148. The zero-order chi connectivity index (χ0) is 17.9. The largest absolute Gasteiger partial charge is 0.462 e. The molecular weight excluding hydrogens is 296 g/mol.